The molecule has 1 aliphatic heterocycles. The molecule has 0 spiro atoms. The molecule has 0 saturated carbocycles. The number of nitrogens with zero attached hydrogens (tertiary/aromatic N) is 2. The molecule has 1 saturated heterocycles. The van der Waals surface area contributed by atoms with Crippen LogP contribution in [0.3, 0.4) is 0 Å². The maximum atomic E-state index is 11.1. The molecule has 2 N–H and O–H groups in total. The highest BCUT2D eigenvalue weighted by molar-refractivity contribution is 5.76. The van der Waals surface area contributed by atoms with E-state index in [4.69, 9.17) is 15.7 Å². The van der Waals surface area contributed by atoms with Gasteiger partial charge in [-0.2, -0.15) is 5.26 Å². The van der Waals surface area contributed by atoms with E-state index in [1.165, 1.54) is 0 Å². The Kier molecular flexibility index (Phi) is 5.59. The number of hydrogen-bond donors (Lipinski definition) is 1. The molecule has 0 radical (unpaired) electrons. The Morgan fingerprint density at radius 1 is 1.33 bits per heavy atom. The molecule has 1 heterocycles. The van der Waals surface area contributed by atoms with Gasteiger partial charge < -0.3 is 10.5 Å². The van der Waals surface area contributed by atoms with Crippen molar-refractivity contribution in [1.82, 2.24) is 4.90 Å². The third kappa shape index (κ3) is 4.76. The highest BCUT2D eigenvalue weighted by Crippen LogP contribution is 2.17. The van der Waals surface area contributed by atoms with E-state index < -0.39 is 0 Å². The van der Waals surface area contributed by atoms with Crippen LogP contribution in [0.5, 0.6) is 5.75 Å². The Labute approximate surface area is 125 Å². The first-order valence-electron chi connectivity index (χ1n) is 7.29. The predicted molar refractivity (Wildman–Crippen MR) is 79.6 cm³/mol. The highest BCUT2D eigenvalue weighted by atomic mass is 16.5. The number of benzene rings is 1. The van der Waals surface area contributed by atoms with E-state index in [-0.39, 0.29) is 11.8 Å². The largest absolute Gasteiger partial charge is 0.492 e. The third-order valence-electron chi connectivity index (χ3n) is 3.87. The quantitative estimate of drug-likeness (QED) is 0.856. The van der Waals surface area contributed by atoms with Crippen molar-refractivity contribution in [1.29, 1.82) is 5.26 Å². The van der Waals surface area contributed by atoms with Crippen LogP contribution in [0.25, 0.3) is 0 Å². The van der Waals surface area contributed by atoms with Gasteiger partial charge in [0, 0.05) is 12.5 Å². The second-order valence-corrected chi connectivity index (χ2v) is 5.35. The van der Waals surface area contributed by atoms with E-state index in [2.05, 4.69) is 11.0 Å². The number of ether oxygens (including phenoxy) is 1. The zero-order valence-corrected chi connectivity index (χ0v) is 12.1. The fourth-order valence-electron chi connectivity index (χ4n) is 2.53. The Morgan fingerprint density at radius 3 is 2.57 bits per heavy atom. The number of likely N-dealkylation sites (tertiary alicyclic amines) is 1. The lowest BCUT2D eigenvalue weighted by Crippen LogP contribution is -2.40. The first kappa shape index (κ1) is 15.3. The summed E-state index contributed by atoms with van der Waals surface area (Å²) in [5.41, 5.74) is 6.32. The van der Waals surface area contributed by atoms with Crippen molar-refractivity contribution in [2.45, 2.75) is 19.3 Å². The molecule has 1 amide bonds. The number of hydrogen-bond acceptors (Lipinski definition) is 4. The average molecular weight is 287 g/mol. The summed E-state index contributed by atoms with van der Waals surface area (Å²) in [6.45, 7) is 3.28. The van der Waals surface area contributed by atoms with Crippen molar-refractivity contribution in [2.75, 3.05) is 26.2 Å². The van der Waals surface area contributed by atoms with Gasteiger partial charge in [-0.3, -0.25) is 9.69 Å². The van der Waals surface area contributed by atoms with Crippen LogP contribution >= 0.6 is 0 Å². The first-order valence-corrected chi connectivity index (χ1v) is 7.29. The van der Waals surface area contributed by atoms with Gasteiger partial charge in [-0.15, -0.1) is 0 Å². The smallest absolute Gasteiger partial charge is 0.220 e. The summed E-state index contributed by atoms with van der Waals surface area (Å²) in [5, 5.41) is 8.61. The molecule has 0 atom stereocenters. The second-order valence-electron chi connectivity index (χ2n) is 5.35. The summed E-state index contributed by atoms with van der Waals surface area (Å²) in [4.78, 5) is 13.4. The zero-order valence-electron chi connectivity index (χ0n) is 12.1. The summed E-state index contributed by atoms with van der Waals surface area (Å²) in [5.74, 6) is 0.682. The minimum absolute atomic E-state index is 0.0369. The van der Waals surface area contributed by atoms with Gasteiger partial charge in [0.1, 0.15) is 12.4 Å². The number of piperidine rings is 1. The number of amides is 1. The molecule has 1 aromatic carbocycles. The lowest BCUT2D eigenvalue weighted by atomic mass is 9.96. The Balaban J connectivity index is 1.68. The van der Waals surface area contributed by atoms with Crippen LogP contribution in [0.4, 0.5) is 0 Å². The van der Waals surface area contributed by atoms with Gasteiger partial charge in [0.25, 0.3) is 0 Å². The minimum atomic E-state index is -0.177. The molecule has 0 bridgehead atoms. The van der Waals surface area contributed by atoms with Gasteiger partial charge in [0.05, 0.1) is 12.5 Å². The number of rotatable bonds is 6. The van der Waals surface area contributed by atoms with E-state index in [1.54, 1.807) is 0 Å². The molecule has 2 rings (SSSR count). The fourth-order valence-corrected chi connectivity index (χ4v) is 2.53. The van der Waals surface area contributed by atoms with Crippen molar-refractivity contribution in [3.8, 4) is 11.8 Å². The fraction of sp³-hybridized carbons (Fsp3) is 0.500. The van der Waals surface area contributed by atoms with Crippen molar-refractivity contribution < 1.29 is 9.53 Å². The van der Waals surface area contributed by atoms with Crippen LogP contribution in [-0.4, -0.2) is 37.0 Å². The Hall–Kier alpha value is -2.06. The van der Waals surface area contributed by atoms with Crippen LogP contribution in [0, 0.1) is 17.2 Å². The Bertz CT molecular complexity index is 499. The number of primary amides is 1. The van der Waals surface area contributed by atoms with Crippen molar-refractivity contribution >= 4 is 5.91 Å². The molecule has 5 nitrogen and oxygen atoms in total. The molecule has 1 fully saturated rings. The van der Waals surface area contributed by atoms with Gasteiger partial charge in [-0.25, -0.2) is 0 Å². The molecule has 0 aliphatic carbocycles. The topological polar surface area (TPSA) is 79.3 Å². The lowest BCUT2D eigenvalue weighted by molar-refractivity contribution is -0.123. The summed E-state index contributed by atoms with van der Waals surface area (Å²) in [7, 11) is 0. The number of carbonyl (C=O) groups is 1. The molecular formula is C16H21N3O2. The van der Waals surface area contributed by atoms with Crippen molar-refractivity contribution in [3.05, 3.63) is 29.8 Å². The monoisotopic (exact) mass is 287 g/mol. The van der Waals surface area contributed by atoms with Crippen LogP contribution in [0.1, 0.15) is 18.4 Å². The van der Waals surface area contributed by atoms with Gasteiger partial charge in [-0.1, -0.05) is 12.1 Å². The number of carbonyl (C=O) groups excluding carboxylic acids is 1. The molecule has 112 valence electrons. The number of nitriles is 1. The highest BCUT2D eigenvalue weighted by Gasteiger charge is 2.22. The Morgan fingerprint density at radius 2 is 2.00 bits per heavy atom. The maximum absolute atomic E-state index is 11.1. The molecule has 0 unspecified atom stereocenters. The standard InChI is InChI=1S/C16H21N3O2/c17-8-5-13-1-3-15(4-2-13)21-12-11-19-9-6-14(7-10-19)16(18)20/h1-4,14H,5-7,9-12H2,(H2,18,20). The number of nitrogens with two attached hydrogens (primary N) is 1. The van der Waals surface area contributed by atoms with Gasteiger partial charge in [0.15, 0.2) is 0 Å². The summed E-state index contributed by atoms with van der Waals surface area (Å²) in [6, 6.07) is 9.74. The predicted octanol–water partition coefficient (Wildman–Crippen LogP) is 1.33. The lowest BCUT2D eigenvalue weighted by Gasteiger charge is -2.30. The second kappa shape index (κ2) is 7.65. The van der Waals surface area contributed by atoms with Crippen molar-refractivity contribution in [3.63, 3.8) is 0 Å². The van der Waals surface area contributed by atoms with Crippen LogP contribution in [0.2, 0.25) is 0 Å². The van der Waals surface area contributed by atoms with E-state index in [0.29, 0.717) is 13.0 Å². The minimum Gasteiger partial charge on any atom is -0.492 e. The molecule has 5 heteroatoms. The van der Waals surface area contributed by atoms with E-state index >= 15 is 0 Å². The normalized spacial score (nSPS) is 16.3. The molecular weight excluding hydrogens is 266 g/mol. The van der Waals surface area contributed by atoms with Crippen LogP contribution < -0.4 is 10.5 Å². The average Bonchev–Trinajstić information content (AvgIpc) is 2.50. The van der Waals surface area contributed by atoms with Gasteiger partial charge in [-0.05, 0) is 43.6 Å². The SMILES string of the molecule is N#CCc1ccc(OCCN2CCC(C(N)=O)CC2)cc1. The van der Waals surface area contributed by atoms with E-state index in [0.717, 1.165) is 43.8 Å². The molecule has 0 aromatic heterocycles. The van der Waals surface area contributed by atoms with Crippen molar-refractivity contribution in [2.24, 2.45) is 11.7 Å². The van der Waals surface area contributed by atoms with Crippen LogP contribution in [-0.2, 0) is 11.2 Å². The summed E-state index contributed by atoms with van der Waals surface area (Å²) < 4.78 is 5.70. The molecule has 1 aliphatic rings. The third-order valence-corrected chi connectivity index (χ3v) is 3.87. The summed E-state index contributed by atoms with van der Waals surface area (Å²) >= 11 is 0. The van der Waals surface area contributed by atoms with E-state index in [9.17, 15) is 4.79 Å². The zero-order chi connectivity index (χ0) is 15.1. The van der Waals surface area contributed by atoms with Crippen LogP contribution in [0.15, 0.2) is 24.3 Å². The van der Waals surface area contributed by atoms with Gasteiger partial charge >= 0.3 is 0 Å². The molecule has 1 aromatic rings. The first-order chi connectivity index (χ1) is 10.2. The van der Waals surface area contributed by atoms with E-state index in [1.807, 2.05) is 24.3 Å². The molecule has 21 heavy (non-hydrogen) atoms. The summed E-state index contributed by atoms with van der Waals surface area (Å²) in [6.07, 6.45) is 2.12. The van der Waals surface area contributed by atoms with Gasteiger partial charge in [0.2, 0.25) is 5.91 Å². The maximum Gasteiger partial charge on any atom is 0.220 e.